The van der Waals surface area contributed by atoms with Gasteiger partial charge in [-0.3, -0.25) is 4.79 Å². The monoisotopic (exact) mass is 322 g/mol. The van der Waals surface area contributed by atoms with E-state index in [4.69, 9.17) is 0 Å². The fourth-order valence-corrected chi connectivity index (χ4v) is 3.22. The summed E-state index contributed by atoms with van der Waals surface area (Å²) < 4.78 is 0. The molecule has 0 bridgehead atoms. The average Bonchev–Trinajstić information content (AvgIpc) is 2.63. The van der Waals surface area contributed by atoms with Crippen LogP contribution in [0.2, 0.25) is 0 Å². The lowest BCUT2D eigenvalue weighted by atomic mass is 10.1. The predicted octanol–water partition coefficient (Wildman–Crippen LogP) is 3.67. The number of piperazine rings is 1. The van der Waals surface area contributed by atoms with E-state index in [-0.39, 0.29) is 0 Å². The lowest BCUT2D eigenvalue weighted by Gasteiger charge is -2.36. The number of rotatable bonds is 5. The number of carbonyl (C=O) groups excluding carboxylic acids is 1. The van der Waals surface area contributed by atoms with Crippen molar-refractivity contribution in [2.75, 3.05) is 31.1 Å². The van der Waals surface area contributed by atoms with E-state index in [1.165, 1.54) is 16.8 Å². The van der Waals surface area contributed by atoms with Crippen LogP contribution >= 0.6 is 0 Å². The molecule has 2 aromatic rings. The number of amides is 1. The molecule has 1 fully saturated rings. The third-order valence-electron chi connectivity index (χ3n) is 4.73. The van der Waals surface area contributed by atoms with Crippen LogP contribution < -0.4 is 4.90 Å². The Kier molecular flexibility index (Phi) is 5.52. The fourth-order valence-electron chi connectivity index (χ4n) is 3.22. The van der Waals surface area contributed by atoms with Crippen molar-refractivity contribution in [2.24, 2.45) is 0 Å². The molecule has 3 rings (SSSR count). The smallest absolute Gasteiger partial charge is 0.222 e. The molecule has 1 aliphatic heterocycles. The normalized spacial score (nSPS) is 14.7. The van der Waals surface area contributed by atoms with Gasteiger partial charge in [0.25, 0.3) is 0 Å². The molecule has 126 valence electrons. The summed E-state index contributed by atoms with van der Waals surface area (Å²) in [7, 11) is 0. The van der Waals surface area contributed by atoms with Gasteiger partial charge < -0.3 is 9.80 Å². The molecule has 3 nitrogen and oxygen atoms in total. The zero-order valence-electron chi connectivity index (χ0n) is 14.4. The number of hydrogen-bond donors (Lipinski definition) is 0. The molecule has 0 spiro atoms. The van der Waals surface area contributed by atoms with E-state index >= 15 is 0 Å². The molecule has 1 amide bonds. The van der Waals surface area contributed by atoms with Crippen molar-refractivity contribution in [2.45, 2.75) is 26.2 Å². The van der Waals surface area contributed by atoms with Gasteiger partial charge in [-0.2, -0.15) is 0 Å². The Morgan fingerprint density at radius 2 is 1.58 bits per heavy atom. The quantitative estimate of drug-likeness (QED) is 0.838. The molecule has 0 saturated carbocycles. The number of nitrogens with zero attached hydrogens (tertiary/aromatic N) is 2. The third kappa shape index (κ3) is 4.38. The highest BCUT2D eigenvalue weighted by molar-refractivity contribution is 5.76. The van der Waals surface area contributed by atoms with Crippen molar-refractivity contribution in [1.29, 1.82) is 0 Å². The molecule has 0 aromatic heterocycles. The van der Waals surface area contributed by atoms with Gasteiger partial charge in [-0.15, -0.1) is 0 Å². The van der Waals surface area contributed by atoms with E-state index in [2.05, 4.69) is 60.4 Å². The molecule has 0 radical (unpaired) electrons. The van der Waals surface area contributed by atoms with Gasteiger partial charge in [-0.05, 0) is 37.5 Å². The van der Waals surface area contributed by atoms with Gasteiger partial charge in [0.15, 0.2) is 0 Å². The van der Waals surface area contributed by atoms with Crippen LogP contribution in [-0.2, 0) is 11.2 Å². The van der Waals surface area contributed by atoms with Crippen molar-refractivity contribution in [3.8, 4) is 0 Å². The summed E-state index contributed by atoms with van der Waals surface area (Å²) in [6.07, 6.45) is 2.57. The second-order valence-corrected chi connectivity index (χ2v) is 6.54. The second kappa shape index (κ2) is 8.00. The van der Waals surface area contributed by atoms with Crippen LogP contribution in [0.3, 0.4) is 0 Å². The molecule has 1 saturated heterocycles. The van der Waals surface area contributed by atoms with Crippen LogP contribution in [0.4, 0.5) is 5.69 Å². The van der Waals surface area contributed by atoms with E-state index in [1.807, 2.05) is 11.0 Å². The molecular weight excluding hydrogens is 296 g/mol. The minimum Gasteiger partial charge on any atom is -0.368 e. The molecular formula is C21H26N2O. The van der Waals surface area contributed by atoms with Gasteiger partial charge in [0.05, 0.1) is 0 Å². The maximum Gasteiger partial charge on any atom is 0.222 e. The zero-order valence-corrected chi connectivity index (χ0v) is 14.4. The maximum atomic E-state index is 12.4. The highest BCUT2D eigenvalue weighted by atomic mass is 16.2. The van der Waals surface area contributed by atoms with Crippen molar-refractivity contribution in [3.05, 3.63) is 65.7 Å². The van der Waals surface area contributed by atoms with E-state index in [0.717, 1.165) is 39.0 Å². The summed E-state index contributed by atoms with van der Waals surface area (Å²) in [5, 5.41) is 0. The first-order chi connectivity index (χ1) is 11.7. The summed E-state index contributed by atoms with van der Waals surface area (Å²) in [5.74, 6) is 0.300. The van der Waals surface area contributed by atoms with Crippen molar-refractivity contribution in [3.63, 3.8) is 0 Å². The highest BCUT2D eigenvalue weighted by Crippen LogP contribution is 2.17. The van der Waals surface area contributed by atoms with Crippen LogP contribution in [0, 0.1) is 6.92 Å². The average molecular weight is 322 g/mol. The molecule has 0 aliphatic carbocycles. The van der Waals surface area contributed by atoms with E-state index in [0.29, 0.717) is 12.3 Å². The zero-order chi connectivity index (χ0) is 16.8. The Labute approximate surface area is 144 Å². The van der Waals surface area contributed by atoms with Gasteiger partial charge in [0.2, 0.25) is 5.91 Å². The van der Waals surface area contributed by atoms with Crippen LogP contribution in [0.15, 0.2) is 54.6 Å². The van der Waals surface area contributed by atoms with Crippen LogP contribution in [0.25, 0.3) is 0 Å². The molecule has 1 heterocycles. The number of aryl methyl sites for hydroxylation is 2. The molecule has 3 heteroatoms. The van der Waals surface area contributed by atoms with Gasteiger partial charge in [-0.1, -0.05) is 48.0 Å². The third-order valence-corrected chi connectivity index (χ3v) is 4.73. The highest BCUT2D eigenvalue weighted by Gasteiger charge is 2.20. The maximum absolute atomic E-state index is 12.4. The van der Waals surface area contributed by atoms with Crippen molar-refractivity contribution >= 4 is 11.6 Å². The summed E-state index contributed by atoms with van der Waals surface area (Å²) >= 11 is 0. The lowest BCUT2D eigenvalue weighted by Crippen LogP contribution is -2.48. The first-order valence-corrected chi connectivity index (χ1v) is 8.86. The SMILES string of the molecule is Cc1ccc(N2CCN(C(=O)CCCc3ccccc3)CC2)cc1. The van der Waals surface area contributed by atoms with Crippen molar-refractivity contribution in [1.82, 2.24) is 4.90 Å². The Hall–Kier alpha value is -2.29. The van der Waals surface area contributed by atoms with E-state index in [1.54, 1.807) is 0 Å². The van der Waals surface area contributed by atoms with Crippen molar-refractivity contribution < 1.29 is 4.79 Å². The van der Waals surface area contributed by atoms with Gasteiger partial charge in [-0.25, -0.2) is 0 Å². The molecule has 2 aromatic carbocycles. The minimum atomic E-state index is 0.300. The number of carbonyl (C=O) groups is 1. The van der Waals surface area contributed by atoms with Crippen LogP contribution in [-0.4, -0.2) is 37.0 Å². The number of hydrogen-bond acceptors (Lipinski definition) is 2. The number of anilines is 1. The minimum absolute atomic E-state index is 0.300. The second-order valence-electron chi connectivity index (χ2n) is 6.54. The molecule has 1 aliphatic rings. The predicted molar refractivity (Wildman–Crippen MR) is 99.4 cm³/mol. The molecule has 24 heavy (non-hydrogen) atoms. The molecule has 0 atom stereocenters. The lowest BCUT2D eigenvalue weighted by molar-refractivity contribution is -0.131. The van der Waals surface area contributed by atoms with Crippen LogP contribution in [0.1, 0.15) is 24.0 Å². The number of benzene rings is 2. The van der Waals surface area contributed by atoms with E-state index < -0.39 is 0 Å². The first kappa shape index (κ1) is 16.6. The van der Waals surface area contributed by atoms with Gasteiger partial charge >= 0.3 is 0 Å². The van der Waals surface area contributed by atoms with Gasteiger partial charge in [0.1, 0.15) is 0 Å². The summed E-state index contributed by atoms with van der Waals surface area (Å²) in [4.78, 5) is 16.8. The Bertz CT molecular complexity index is 643. The molecule has 0 N–H and O–H groups in total. The summed E-state index contributed by atoms with van der Waals surface area (Å²) in [6.45, 7) is 5.62. The summed E-state index contributed by atoms with van der Waals surface area (Å²) in [6, 6.07) is 19.0. The van der Waals surface area contributed by atoms with E-state index in [9.17, 15) is 4.79 Å². The Morgan fingerprint density at radius 1 is 0.917 bits per heavy atom. The van der Waals surface area contributed by atoms with Gasteiger partial charge in [0, 0.05) is 38.3 Å². The molecule has 0 unspecified atom stereocenters. The Balaban J connectivity index is 1.42. The Morgan fingerprint density at radius 3 is 2.25 bits per heavy atom. The first-order valence-electron chi connectivity index (χ1n) is 8.86. The standard InChI is InChI=1S/C21H26N2O/c1-18-10-12-20(13-11-18)22-14-16-23(17-15-22)21(24)9-5-8-19-6-3-2-4-7-19/h2-4,6-7,10-13H,5,8-9,14-17H2,1H3. The summed E-state index contributed by atoms with van der Waals surface area (Å²) in [5.41, 5.74) is 3.86. The largest absolute Gasteiger partial charge is 0.368 e. The van der Waals surface area contributed by atoms with Crippen LogP contribution in [0.5, 0.6) is 0 Å². The topological polar surface area (TPSA) is 23.6 Å². The fraction of sp³-hybridized carbons (Fsp3) is 0.381.